The Bertz CT molecular complexity index is 1000. The minimum Gasteiger partial charge on any atom is -0.489 e. The van der Waals surface area contributed by atoms with Crippen molar-refractivity contribution in [3.8, 4) is 28.6 Å². The number of hydrogen-bond donors (Lipinski definition) is 0. The van der Waals surface area contributed by atoms with E-state index >= 15 is 0 Å². The number of aromatic nitrogens is 3. The Morgan fingerprint density at radius 1 is 0.923 bits per heavy atom. The number of pyridine rings is 1. The summed E-state index contributed by atoms with van der Waals surface area (Å²) >= 11 is 6.06. The van der Waals surface area contributed by atoms with Crippen molar-refractivity contribution in [2.24, 2.45) is 0 Å². The quantitative estimate of drug-likeness (QED) is 0.465. The first-order chi connectivity index (χ1) is 12.8. The van der Waals surface area contributed by atoms with E-state index in [0.29, 0.717) is 29.0 Å². The van der Waals surface area contributed by atoms with E-state index in [1.165, 1.54) is 0 Å². The molecule has 0 saturated carbocycles. The first-order valence-corrected chi connectivity index (χ1v) is 8.39. The highest BCUT2D eigenvalue weighted by Crippen LogP contribution is 2.27. The Kier molecular flexibility index (Phi) is 4.62. The lowest BCUT2D eigenvalue weighted by Crippen LogP contribution is -1.94. The largest absolute Gasteiger partial charge is 0.489 e. The van der Waals surface area contributed by atoms with E-state index in [2.05, 4.69) is 15.1 Å². The second-order valence-corrected chi connectivity index (χ2v) is 5.92. The smallest absolute Gasteiger partial charge is 0.261 e. The van der Waals surface area contributed by atoms with E-state index in [-0.39, 0.29) is 0 Å². The predicted molar refractivity (Wildman–Crippen MR) is 98.7 cm³/mol. The molecule has 2 aromatic carbocycles. The van der Waals surface area contributed by atoms with E-state index < -0.39 is 0 Å². The zero-order chi connectivity index (χ0) is 17.8. The molecule has 0 bridgehead atoms. The third-order valence-electron chi connectivity index (χ3n) is 3.78. The molecule has 6 heteroatoms. The highest BCUT2D eigenvalue weighted by atomic mass is 35.5. The van der Waals surface area contributed by atoms with Gasteiger partial charge in [-0.05, 0) is 42.0 Å². The van der Waals surface area contributed by atoms with Gasteiger partial charge in [-0.2, -0.15) is 4.98 Å². The van der Waals surface area contributed by atoms with Crippen molar-refractivity contribution in [2.75, 3.05) is 0 Å². The topological polar surface area (TPSA) is 61.0 Å². The summed E-state index contributed by atoms with van der Waals surface area (Å²) in [4.78, 5) is 8.41. The van der Waals surface area contributed by atoms with Crippen LogP contribution in [0.2, 0.25) is 5.15 Å². The number of benzene rings is 2. The number of ether oxygens (including phenoxy) is 1. The van der Waals surface area contributed by atoms with Gasteiger partial charge < -0.3 is 9.26 Å². The van der Waals surface area contributed by atoms with Gasteiger partial charge in [0.25, 0.3) is 5.89 Å². The molecule has 0 fully saturated rings. The van der Waals surface area contributed by atoms with Crippen molar-refractivity contribution >= 4 is 11.6 Å². The lowest BCUT2D eigenvalue weighted by molar-refractivity contribution is 0.306. The third-order valence-corrected chi connectivity index (χ3v) is 4.08. The SMILES string of the molecule is Clc1ncccc1-c1nc(-c2ccc(OCc3ccccc3)cc2)no1. The van der Waals surface area contributed by atoms with E-state index in [1.54, 1.807) is 18.3 Å². The zero-order valence-electron chi connectivity index (χ0n) is 13.7. The first-order valence-electron chi connectivity index (χ1n) is 8.01. The molecule has 0 spiro atoms. The molecule has 0 amide bonds. The average molecular weight is 364 g/mol. The summed E-state index contributed by atoms with van der Waals surface area (Å²) in [6.07, 6.45) is 1.61. The van der Waals surface area contributed by atoms with E-state index in [1.807, 2.05) is 54.6 Å². The highest BCUT2D eigenvalue weighted by Gasteiger charge is 2.13. The molecule has 128 valence electrons. The Balaban J connectivity index is 1.48. The first kappa shape index (κ1) is 16.3. The average Bonchev–Trinajstić information content (AvgIpc) is 3.18. The van der Waals surface area contributed by atoms with Gasteiger partial charge >= 0.3 is 0 Å². The lowest BCUT2D eigenvalue weighted by atomic mass is 10.2. The zero-order valence-corrected chi connectivity index (χ0v) is 14.4. The molecular weight excluding hydrogens is 350 g/mol. The maximum Gasteiger partial charge on any atom is 0.261 e. The number of hydrogen-bond acceptors (Lipinski definition) is 5. The molecule has 2 aromatic heterocycles. The van der Waals surface area contributed by atoms with Gasteiger partial charge in [0.1, 0.15) is 17.5 Å². The van der Waals surface area contributed by atoms with Crippen molar-refractivity contribution in [3.05, 3.63) is 83.6 Å². The minimum absolute atomic E-state index is 0.326. The van der Waals surface area contributed by atoms with Crippen molar-refractivity contribution in [3.63, 3.8) is 0 Å². The number of nitrogens with zero attached hydrogens (tertiary/aromatic N) is 3. The summed E-state index contributed by atoms with van der Waals surface area (Å²) in [7, 11) is 0. The van der Waals surface area contributed by atoms with Gasteiger partial charge in [0.15, 0.2) is 0 Å². The predicted octanol–water partition coefficient (Wildman–Crippen LogP) is 5.03. The van der Waals surface area contributed by atoms with Crippen LogP contribution >= 0.6 is 11.6 Å². The summed E-state index contributed by atoms with van der Waals surface area (Å²) in [6, 6.07) is 21.1. The Labute approximate surface area is 155 Å². The van der Waals surface area contributed by atoms with Crippen LogP contribution in [0.1, 0.15) is 5.56 Å². The lowest BCUT2D eigenvalue weighted by Gasteiger charge is -2.06. The number of halogens is 1. The van der Waals surface area contributed by atoms with Crippen molar-refractivity contribution in [1.29, 1.82) is 0 Å². The molecule has 4 rings (SSSR count). The second kappa shape index (κ2) is 7.37. The van der Waals surface area contributed by atoms with Gasteiger partial charge in [0, 0.05) is 11.8 Å². The third kappa shape index (κ3) is 3.58. The van der Waals surface area contributed by atoms with Gasteiger partial charge in [-0.3, -0.25) is 0 Å². The van der Waals surface area contributed by atoms with Gasteiger partial charge in [-0.1, -0.05) is 47.1 Å². The summed E-state index contributed by atoms with van der Waals surface area (Å²) in [5.74, 6) is 1.59. The van der Waals surface area contributed by atoms with E-state index in [4.69, 9.17) is 20.9 Å². The van der Waals surface area contributed by atoms with Crippen molar-refractivity contribution < 1.29 is 9.26 Å². The normalized spacial score (nSPS) is 10.7. The minimum atomic E-state index is 0.326. The van der Waals surface area contributed by atoms with Crippen molar-refractivity contribution in [2.45, 2.75) is 6.61 Å². The second-order valence-electron chi connectivity index (χ2n) is 5.56. The number of rotatable bonds is 5. The molecule has 5 nitrogen and oxygen atoms in total. The summed E-state index contributed by atoms with van der Waals surface area (Å²) < 4.78 is 11.1. The van der Waals surface area contributed by atoms with Crippen LogP contribution in [0.4, 0.5) is 0 Å². The van der Waals surface area contributed by atoms with Gasteiger partial charge in [-0.15, -0.1) is 0 Å². The highest BCUT2D eigenvalue weighted by molar-refractivity contribution is 6.31. The van der Waals surface area contributed by atoms with Crippen LogP contribution in [0.3, 0.4) is 0 Å². The van der Waals surface area contributed by atoms with E-state index in [0.717, 1.165) is 16.9 Å². The molecule has 4 aromatic rings. The monoisotopic (exact) mass is 363 g/mol. The Morgan fingerprint density at radius 3 is 2.50 bits per heavy atom. The Morgan fingerprint density at radius 2 is 1.73 bits per heavy atom. The summed E-state index contributed by atoms with van der Waals surface area (Å²) in [5.41, 5.74) is 2.55. The standard InChI is InChI=1S/C20H14ClN3O2/c21-18-17(7-4-12-22-18)20-23-19(24-26-20)15-8-10-16(11-9-15)25-13-14-5-2-1-3-6-14/h1-12H,13H2. The molecule has 0 N–H and O–H groups in total. The van der Waals surface area contributed by atoms with Crippen LogP contribution in [-0.2, 0) is 6.61 Å². The molecule has 0 aliphatic carbocycles. The maximum absolute atomic E-state index is 6.06. The van der Waals surface area contributed by atoms with E-state index in [9.17, 15) is 0 Å². The maximum atomic E-state index is 6.06. The van der Waals surface area contributed by atoms with Gasteiger partial charge in [0.05, 0.1) is 5.56 Å². The van der Waals surface area contributed by atoms with Crippen LogP contribution in [-0.4, -0.2) is 15.1 Å². The fourth-order valence-electron chi connectivity index (χ4n) is 2.44. The molecular formula is C20H14ClN3O2. The van der Waals surface area contributed by atoms with Crippen molar-refractivity contribution in [1.82, 2.24) is 15.1 Å². The van der Waals surface area contributed by atoms with Crippen LogP contribution in [0.5, 0.6) is 5.75 Å². The fourth-order valence-corrected chi connectivity index (χ4v) is 2.64. The molecule has 26 heavy (non-hydrogen) atoms. The summed E-state index contributed by atoms with van der Waals surface area (Å²) in [5, 5.41) is 4.34. The molecule has 0 saturated heterocycles. The molecule has 0 aliphatic rings. The molecule has 0 unspecified atom stereocenters. The van der Waals surface area contributed by atoms with Gasteiger partial charge in [-0.25, -0.2) is 4.98 Å². The van der Waals surface area contributed by atoms with Crippen LogP contribution in [0.25, 0.3) is 22.8 Å². The van der Waals surface area contributed by atoms with Crippen LogP contribution in [0.15, 0.2) is 77.4 Å². The Hall–Kier alpha value is -3.18. The van der Waals surface area contributed by atoms with Gasteiger partial charge in [0.2, 0.25) is 5.82 Å². The molecule has 0 aliphatic heterocycles. The summed E-state index contributed by atoms with van der Waals surface area (Å²) in [6.45, 7) is 0.520. The van der Waals surface area contributed by atoms with Crippen LogP contribution in [0, 0.1) is 0 Å². The van der Waals surface area contributed by atoms with Crippen LogP contribution < -0.4 is 4.74 Å². The molecule has 0 radical (unpaired) electrons. The molecule has 2 heterocycles. The molecule has 0 atom stereocenters. The fraction of sp³-hybridized carbons (Fsp3) is 0.0500.